The SMILES string of the molecule is Oc1cccc(C2CCN(CCNc3ccccn3)C2)c1. The molecule has 1 unspecified atom stereocenters. The molecular formula is C17H21N3O. The van der Waals surface area contributed by atoms with Crippen LogP contribution in [0.2, 0.25) is 0 Å². The van der Waals surface area contributed by atoms with Crippen LogP contribution in [-0.4, -0.2) is 41.2 Å². The van der Waals surface area contributed by atoms with E-state index in [9.17, 15) is 5.11 Å². The maximum Gasteiger partial charge on any atom is 0.125 e. The minimum atomic E-state index is 0.364. The number of benzene rings is 1. The van der Waals surface area contributed by atoms with Crippen LogP contribution in [0.1, 0.15) is 17.9 Å². The third-order valence-corrected chi connectivity index (χ3v) is 4.01. The Bertz CT molecular complexity index is 573. The number of phenolic OH excluding ortho intramolecular Hbond substituents is 1. The van der Waals surface area contributed by atoms with E-state index in [0.29, 0.717) is 11.7 Å². The van der Waals surface area contributed by atoms with Crippen molar-refractivity contribution in [2.24, 2.45) is 0 Å². The van der Waals surface area contributed by atoms with Crippen molar-refractivity contribution in [2.45, 2.75) is 12.3 Å². The molecule has 3 rings (SSSR count). The summed E-state index contributed by atoms with van der Waals surface area (Å²) in [6.45, 7) is 4.10. The van der Waals surface area contributed by atoms with Gasteiger partial charge in [0, 0.05) is 25.8 Å². The Balaban J connectivity index is 1.47. The zero-order valence-electron chi connectivity index (χ0n) is 12.1. The van der Waals surface area contributed by atoms with Crippen LogP contribution in [0.15, 0.2) is 48.7 Å². The van der Waals surface area contributed by atoms with Crippen LogP contribution < -0.4 is 5.32 Å². The highest BCUT2D eigenvalue weighted by atomic mass is 16.3. The fourth-order valence-electron chi connectivity index (χ4n) is 2.90. The summed E-state index contributed by atoms with van der Waals surface area (Å²) in [6, 6.07) is 13.6. The van der Waals surface area contributed by atoms with Gasteiger partial charge in [-0.1, -0.05) is 18.2 Å². The van der Waals surface area contributed by atoms with Gasteiger partial charge in [0.2, 0.25) is 0 Å². The summed E-state index contributed by atoms with van der Waals surface area (Å²) in [6.07, 6.45) is 2.96. The second-order valence-electron chi connectivity index (χ2n) is 5.52. The highest BCUT2D eigenvalue weighted by Gasteiger charge is 2.23. The summed E-state index contributed by atoms with van der Waals surface area (Å²) in [4.78, 5) is 6.72. The third-order valence-electron chi connectivity index (χ3n) is 4.01. The number of pyridine rings is 1. The number of nitrogens with zero attached hydrogens (tertiary/aromatic N) is 2. The van der Waals surface area contributed by atoms with Gasteiger partial charge in [0.05, 0.1) is 0 Å². The quantitative estimate of drug-likeness (QED) is 0.886. The number of anilines is 1. The van der Waals surface area contributed by atoms with Crippen LogP contribution in [0, 0.1) is 0 Å². The summed E-state index contributed by atoms with van der Waals surface area (Å²) in [5, 5.41) is 12.9. The average molecular weight is 283 g/mol. The minimum absolute atomic E-state index is 0.364. The topological polar surface area (TPSA) is 48.4 Å². The number of nitrogens with one attached hydrogen (secondary N) is 1. The molecule has 2 heterocycles. The Morgan fingerprint density at radius 3 is 3.00 bits per heavy atom. The molecule has 4 nitrogen and oxygen atoms in total. The first-order valence-corrected chi connectivity index (χ1v) is 7.47. The third kappa shape index (κ3) is 3.73. The molecule has 0 amide bonds. The molecule has 2 aromatic rings. The molecule has 21 heavy (non-hydrogen) atoms. The zero-order chi connectivity index (χ0) is 14.5. The van der Waals surface area contributed by atoms with E-state index in [-0.39, 0.29) is 0 Å². The molecule has 1 aliphatic rings. The number of aromatic nitrogens is 1. The number of phenols is 1. The van der Waals surface area contributed by atoms with E-state index in [4.69, 9.17) is 0 Å². The normalized spacial score (nSPS) is 18.8. The van der Waals surface area contributed by atoms with Crippen molar-refractivity contribution < 1.29 is 5.11 Å². The van der Waals surface area contributed by atoms with E-state index >= 15 is 0 Å². The van der Waals surface area contributed by atoms with Crippen LogP contribution in [-0.2, 0) is 0 Å². The van der Waals surface area contributed by atoms with Crippen molar-refractivity contribution in [3.63, 3.8) is 0 Å². The highest BCUT2D eigenvalue weighted by molar-refractivity contribution is 5.33. The smallest absolute Gasteiger partial charge is 0.125 e. The lowest BCUT2D eigenvalue weighted by Crippen LogP contribution is -2.26. The lowest BCUT2D eigenvalue weighted by molar-refractivity contribution is 0.347. The molecule has 110 valence electrons. The minimum Gasteiger partial charge on any atom is -0.508 e. The Morgan fingerprint density at radius 1 is 1.24 bits per heavy atom. The maximum atomic E-state index is 9.58. The number of hydrogen-bond acceptors (Lipinski definition) is 4. The summed E-state index contributed by atoms with van der Waals surface area (Å²) in [5.41, 5.74) is 1.25. The Labute approximate surface area is 125 Å². The predicted molar refractivity (Wildman–Crippen MR) is 84.6 cm³/mol. The standard InChI is InChI=1S/C17H21N3O/c21-16-5-3-4-14(12-16)15-7-10-20(13-15)11-9-19-17-6-1-2-8-18-17/h1-6,8,12,15,21H,7,9-11,13H2,(H,18,19). The van der Waals surface area contributed by atoms with Crippen molar-refractivity contribution in [3.8, 4) is 5.75 Å². The Kier molecular flexibility index (Phi) is 4.36. The van der Waals surface area contributed by atoms with Crippen LogP contribution in [0.4, 0.5) is 5.82 Å². The molecule has 1 aromatic heterocycles. The van der Waals surface area contributed by atoms with Gasteiger partial charge in [-0.3, -0.25) is 0 Å². The van der Waals surface area contributed by atoms with E-state index in [1.54, 1.807) is 12.3 Å². The molecule has 1 aromatic carbocycles. The summed E-state index contributed by atoms with van der Waals surface area (Å²) in [5.74, 6) is 1.83. The van der Waals surface area contributed by atoms with E-state index < -0.39 is 0 Å². The predicted octanol–water partition coefficient (Wildman–Crippen LogP) is 2.69. The first-order chi connectivity index (χ1) is 10.3. The highest BCUT2D eigenvalue weighted by Crippen LogP contribution is 2.28. The van der Waals surface area contributed by atoms with Gasteiger partial charge in [-0.25, -0.2) is 4.98 Å². The van der Waals surface area contributed by atoms with Gasteiger partial charge >= 0.3 is 0 Å². The van der Waals surface area contributed by atoms with E-state index in [2.05, 4.69) is 21.3 Å². The maximum absolute atomic E-state index is 9.58. The monoisotopic (exact) mass is 283 g/mol. The molecule has 0 bridgehead atoms. The van der Waals surface area contributed by atoms with Crippen LogP contribution in [0.5, 0.6) is 5.75 Å². The second-order valence-corrected chi connectivity index (χ2v) is 5.52. The first-order valence-electron chi connectivity index (χ1n) is 7.47. The second kappa shape index (κ2) is 6.59. The van der Waals surface area contributed by atoms with Crippen molar-refractivity contribution in [1.82, 2.24) is 9.88 Å². The summed E-state index contributed by atoms with van der Waals surface area (Å²) >= 11 is 0. The molecule has 2 N–H and O–H groups in total. The molecule has 1 fully saturated rings. The van der Waals surface area contributed by atoms with Gasteiger partial charge in [-0.15, -0.1) is 0 Å². The molecule has 0 spiro atoms. The fourth-order valence-corrected chi connectivity index (χ4v) is 2.90. The molecule has 1 saturated heterocycles. The van der Waals surface area contributed by atoms with Crippen molar-refractivity contribution in [2.75, 3.05) is 31.5 Å². The molecule has 0 saturated carbocycles. The van der Waals surface area contributed by atoms with Gasteiger partial charge in [-0.2, -0.15) is 0 Å². The van der Waals surface area contributed by atoms with Crippen LogP contribution in [0.25, 0.3) is 0 Å². The first kappa shape index (κ1) is 13.9. The summed E-state index contributed by atoms with van der Waals surface area (Å²) in [7, 11) is 0. The van der Waals surface area contributed by atoms with Gasteiger partial charge in [0.1, 0.15) is 11.6 Å². The van der Waals surface area contributed by atoms with Gasteiger partial charge in [0.15, 0.2) is 0 Å². The van der Waals surface area contributed by atoms with Gasteiger partial charge in [0.25, 0.3) is 0 Å². The molecule has 1 aliphatic heterocycles. The Morgan fingerprint density at radius 2 is 2.19 bits per heavy atom. The largest absolute Gasteiger partial charge is 0.508 e. The van der Waals surface area contributed by atoms with Crippen molar-refractivity contribution >= 4 is 5.82 Å². The zero-order valence-corrected chi connectivity index (χ0v) is 12.1. The Hall–Kier alpha value is -2.07. The van der Waals surface area contributed by atoms with Crippen molar-refractivity contribution in [1.29, 1.82) is 0 Å². The fraction of sp³-hybridized carbons (Fsp3) is 0.353. The molecule has 0 radical (unpaired) electrons. The van der Waals surface area contributed by atoms with Gasteiger partial charge in [-0.05, 0) is 48.7 Å². The number of hydrogen-bond donors (Lipinski definition) is 2. The van der Waals surface area contributed by atoms with Crippen LogP contribution >= 0.6 is 0 Å². The number of rotatable bonds is 5. The number of aromatic hydroxyl groups is 1. The van der Waals surface area contributed by atoms with Crippen LogP contribution in [0.3, 0.4) is 0 Å². The van der Waals surface area contributed by atoms with Gasteiger partial charge < -0.3 is 15.3 Å². The van der Waals surface area contributed by atoms with E-state index in [0.717, 1.165) is 38.4 Å². The van der Waals surface area contributed by atoms with E-state index in [1.165, 1.54) is 5.56 Å². The average Bonchev–Trinajstić information content (AvgIpc) is 2.97. The molecule has 1 atom stereocenters. The molecule has 4 heteroatoms. The molecule has 0 aliphatic carbocycles. The molecular weight excluding hydrogens is 262 g/mol. The number of likely N-dealkylation sites (tertiary alicyclic amines) is 1. The summed E-state index contributed by atoms with van der Waals surface area (Å²) < 4.78 is 0. The lowest BCUT2D eigenvalue weighted by atomic mass is 9.98. The van der Waals surface area contributed by atoms with E-state index in [1.807, 2.05) is 30.3 Å². The lowest BCUT2D eigenvalue weighted by Gasteiger charge is -2.16. The van der Waals surface area contributed by atoms with Crippen molar-refractivity contribution in [3.05, 3.63) is 54.2 Å².